The first kappa shape index (κ1) is 18.5. The van der Waals surface area contributed by atoms with E-state index in [2.05, 4.69) is 15.3 Å². The Labute approximate surface area is 143 Å². The van der Waals surface area contributed by atoms with Gasteiger partial charge in [0.25, 0.3) is 0 Å². The Morgan fingerprint density at radius 1 is 1.57 bits per heavy atom. The van der Waals surface area contributed by atoms with Crippen molar-refractivity contribution in [2.24, 2.45) is 0 Å². The van der Waals surface area contributed by atoms with Gasteiger partial charge in [0.2, 0.25) is 5.28 Å². The number of carboxylic acid groups (broad SMARTS) is 1. The van der Waals surface area contributed by atoms with E-state index in [1.165, 1.54) is 0 Å². The van der Waals surface area contributed by atoms with Crippen molar-refractivity contribution in [3.05, 3.63) is 16.0 Å². The van der Waals surface area contributed by atoms with Gasteiger partial charge in [0.05, 0.1) is 25.8 Å². The molecule has 1 aromatic heterocycles. The van der Waals surface area contributed by atoms with Crippen LogP contribution in [0.15, 0.2) is 0 Å². The van der Waals surface area contributed by atoms with E-state index in [-0.39, 0.29) is 47.1 Å². The van der Waals surface area contributed by atoms with E-state index in [4.69, 9.17) is 32.7 Å². The monoisotopic (exact) mass is 327 g/mol. The molecule has 1 fully saturated rings. The molecule has 1 aliphatic heterocycles. The molecule has 10 heteroatoms. The van der Waals surface area contributed by atoms with Crippen LogP contribution in [0.25, 0.3) is 0 Å². The summed E-state index contributed by atoms with van der Waals surface area (Å²) in [6.45, 7) is 3.47. The summed E-state index contributed by atoms with van der Waals surface area (Å²) in [6.07, 6.45) is 0.184. The van der Waals surface area contributed by atoms with Crippen LogP contribution >= 0.6 is 23.2 Å². The number of carboxylic acids is 1. The largest absolute Gasteiger partial charge is 1.00 e. The number of nitrogens with zero attached hydrogens (tertiary/aromatic N) is 2. The van der Waals surface area contributed by atoms with Crippen LogP contribution in [0.2, 0.25) is 10.3 Å². The fourth-order valence-electron chi connectivity index (χ4n) is 1.47. The second-order valence-electron chi connectivity index (χ2n) is 4.33. The number of nitrogens with one attached hydrogen (secondary N) is 1. The molecule has 0 radical (unpaired) electrons. The Morgan fingerprint density at radius 3 is 2.81 bits per heavy atom. The Bertz CT molecular complexity index is 516. The van der Waals surface area contributed by atoms with Gasteiger partial charge in [-0.2, -0.15) is 4.98 Å². The van der Waals surface area contributed by atoms with Crippen LogP contribution in [-0.4, -0.2) is 47.9 Å². The zero-order chi connectivity index (χ0) is 14.7. The topological polar surface area (TPSA) is 99.7 Å². The molecule has 1 aliphatic rings. The molecule has 21 heavy (non-hydrogen) atoms. The van der Waals surface area contributed by atoms with Crippen LogP contribution in [0.4, 0.5) is 5.82 Å². The first-order valence-corrected chi connectivity index (χ1v) is 6.63. The Balaban J connectivity index is 0.00000220. The van der Waals surface area contributed by atoms with Gasteiger partial charge < -0.3 is 24.7 Å². The average Bonchev–Trinajstić information content (AvgIpc) is 3.17. The van der Waals surface area contributed by atoms with E-state index in [9.17, 15) is 9.90 Å². The molecular weight excluding hydrogens is 316 g/mol. The van der Waals surface area contributed by atoms with Gasteiger partial charge in [-0.1, -0.05) is 11.6 Å². The summed E-state index contributed by atoms with van der Waals surface area (Å²) in [5.41, 5.74) is -0.450. The molecule has 1 N–H and O–H groups in total. The minimum Gasteiger partial charge on any atom is -0.543 e. The summed E-state index contributed by atoms with van der Waals surface area (Å²) in [4.78, 5) is 18.2. The standard InChI is InChI=1S/C11H13Cl2N3O4.Li/c1-5(2-19-3-6-4-20-6)14-9-7(12)8(10(17)18)15-11(13)16-9;/h5-6H,2-4H2,1H3,(H,17,18)(H,14,15,16);/q;+1/p-1/t5-,6-;/m1./s1. The van der Waals surface area contributed by atoms with Crippen molar-refractivity contribution in [2.75, 3.05) is 25.1 Å². The molecule has 1 saturated heterocycles. The number of epoxide rings is 1. The van der Waals surface area contributed by atoms with Gasteiger partial charge in [0, 0.05) is 6.04 Å². The Morgan fingerprint density at radius 2 is 2.24 bits per heavy atom. The van der Waals surface area contributed by atoms with E-state index < -0.39 is 11.7 Å². The zero-order valence-electron chi connectivity index (χ0n) is 11.6. The summed E-state index contributed by atoms with van der Waals surface area (Å²) in [7, 11) is 0. The van der Waals surface area contributed by atoms with Crippen molar-refractivity contribution in [3.8, 4) is 0 Å². The van der Waals surface area contributed by atoms with Crippen LogP contribution in [0.3, 0.4) is 0 Å². The summed E-state index contributed by atoms with van der Waals surface area (Å²) >= 11 is 11.5. The van der Waals surface area contributed by atoms with E-state index in [0.717, 1.165) is 6.61 Å². The summed E-state index contributed by atoms with van der Waals surface area (Å²) in [5.74, 6) is -1.39. The fraction of sp³-hybridized carbons (Fsp3) is 0.545. The first-order valence-electron chi connectivity index (χ1n) is 5.87. The average molecular weight is 328 g/mol. The molecule has 2 rings (SSSR count). The number of rotatable bonds is 7. The van der Waals surface area contributed by atoms with Crippen molar-refractivity contribution in [2.45, 2.75) is 19.1 Å². The molecule has 2 heterocycles. The first-order chi connectivity index (χ1) is 9.47. The molecule has 2 atom stereocenters. The van der Waals surface area contributed by atoms with Crippen molar-refractivity contribution in [3.63, 3.8) is 0 Å². The maximum Gasteiger partial charge on any atom is 1.00 e. The van der Waals surface area contributed by atoms with Gasteiger partial charge in [-0.25, -0.2) is 4.98 Å². The third-order valence-electron chi connectivity index (χ3n) is 2.47. The third-order valence-corrected chi connectivity index (χ3v) is 3.00. The summed E-state index contributed by atoms with van der Waals surface area (Å²) in [5, 5.41) is 13.4. The molecule has 1 aromatic rings. The second kappa shape index (κ2) is 8.18. The van der Waals surface area contributed by atoms with Crippen LogP contribution < -0.4 is 29.3 Å². The molecule has 0 aliphatic carbocycles. The van der Waals surface area contributed by atoms with Gasteiger partial charge in [0.1, 0.15) is 16.8 Å². The van der Waals surface area contributed by atoms with Crippen molar-refractivity contribution < 1.29 is 38.2 Å². The van der Waals surface area contributed by atoms with Crippen LogP contribution in [0.1, 0.15) is 17.4 Å². The second-order valence-corrected chi connectivity index (χ2v) is 5.05. The number of anilines is 1. The van der Waals surface area contributed by atoms with Gasteiger partial charge in [-0.3, -0.25) is 0 Å². The van der Waals surface area contributed by atoms with Crippen molar-refractivity contribution in [1.29, 1.82) is 0 Å². The predicted octanol–water partition coefficient (Wildman–Crippen LogP) is -2.63. The Hall–Kier alpha value is -0.553. The fourth-order valence-corrected chi connectivity index (χ4v) is 1.85. The molecule has 7 nitrogen and oxygen atoms in total. The Kier molecular flexibility index (Phi) is 7.20. The normalized spacial score (nSPS) is 17.8. The number of hydrogen-bond donors (Lipinski definition) is 1. The van der Waals surface area contributed by atoms with E-state index in [1.54, 1.807) is 0 Å². The molecule has 0 aromatic carbocycles. The summed E-state index contributed by atoms with van der Waals surface area (Å²) < 4.78 is 10.4. The number of halogens is 2. The molecule has 0 bridgehead atoms. The molecule has 0 saturated carbocycles. The number of ether oxygens (including phenoxy) is 2. The number of aromatic nitrogens is 2. The molecule has 0 spiro atoms. The number of aromatic carboxylic acids is 1. The number of hydrogen-bond acceptors (Lipinski definition) is 7. The van der Waals surface area contributed by atoms with Gasteiger partial charge in [-0.05, 0) is 18.5 Å². The minimum absolute atomic E-state index is 0. The van der Waals surface area contributed by atoms with Gasteiger partial charge >= 0.3 is 18.9 Å². The number of carbonyl (C=O) groups is 1. The van der Waals surface area contributed by atoms with Crippen molar-refractivity contribution >= 4 is 35.0 Å². The SMILES string of the molecule is C[C@H](COC[C@@H]1CO1)Nc1nc(Cl)nc(C(=O)[O-])c1Cl.[Li+]. The van der Waals surface area contributed by atoms with Crippen LogP contribution in [0, 0.1) is 0 Å². The maximum atomic E-state index is 10.9. The molecule has 110 valence electrons. The third kappa shape index (κ3) is 5.62. The summed E-state index contributed by atoms with van der Waals surface area (Å²) in [6, 6.07) is -0.146. The molecule has 0 unspecified atom stereocenters. The van der Waals surface area contributed by atoms with E-state index in [0.29, 0.717) is 13.2 Å². The maximum absolute atomic E-state index is 10.9. The predicted molar refractivity (Wildman–Crippen MR) is 70.0 cm³/mol. The van der Waals surface area contributed by atoms with E-state index >= 15 is 0 Å². The van der Waals surface area contributed by atoms with Crippen LogP contribution in [-0.2, 0) is 9.47 Å². The molecule has 0 amide bonds. The minimum atomic E-state index is -1.52. The molecular formula is C11H12Cl2LiN3O4. The van der Waals surface area contributed by atoms with Gasteiger partial charge in [0.15, 0.2) is 5.82 Å². The number of carbonyl (C=O) groups excluding carboxylic acids is 1. The van der Waals surface area contributed by atoms with Crippen molar-refractivity contribution in [1.82, 2.24) is 9.97 Å². The van der Waals surface area contributed by atoms with Crippen LogP contribution in [0.5, 0.6) is 0 Å². The zero-order valence-corrected chi connectivity index (χ0v) is 13.1. The van der Waals surface area contributed by atoms with E-state index in [1.807, 2.05) is 6.92 Å². The smallest absolute Gasteiger partial charge is 0.543 e. The van der Waals surface area contributed by atoms with Gasteiger partial charge in [-0.15, -0.1) is 0 Å². The quantitative estimate of drug-likeness (QED) is 0.332.